The Morgan fingerprint density at radius 3 is 2.43 bits per heavy atom. The van der Waals surface area contributed by atoms with Crippen molar-refractivity contribution in [1.82, 2.24) is 25.4 Å². The minimum atomic E-state index is -0.132. The maximum Gasteiger partial charge on any atom is 0.315 e. The van der Waals surface area contributed by atoms with Gasteiger partial charge in [-0.3, -0.25) is 4.57 Å². The largest absolute Gasteiger partial charge is 0.333 e. The fourth-order valence-electron chi connectivity index (χ4n) is 7.04. The number of amides is 2. The first-order valence-electron chi connectivity index (χ1n) is 13.0. The fraction of sp³-hybridized carbons (Fsp3) is 0.464. The minimum absolute atomic E-state index is 0.0411. The Labute approximate surface area is 231 Å². The van der Waals surface area contributed by atoms with Crippen molar-refractivity contribution >= 4 is 41.0 Å². The monoisotopic (exact) mass is 555 g/mol. The molecule has 0 spiro atoms. The van der Waals surface area contributed by atoms with Gasteiger partial charge in [-0.25, -0.2) is 4.79 Å². The molecule has 194 valence electrons. The average molecular weight is 557 g/mol. The van der Waals surface area contributed by atoms with E-state index >= 15 is 0 Å². The number of aromatic nitrogens is 3. The molecule has 37 heavy (non-hydrogen) atoms. The third kappa shape index (κ3) is 5.23. The lowest BCUT2D eigenvalue weighted by Crippen LogP contribution is -2.61. The second-order valence-electron chi connectivity index (χ2n) is 11.1. The molecule has 0 unspecified atom stereocenters. The molecule has 4 fully saturated rings. The van der Waals surface area contributed by atoms with Crippen molar-refractivity contribution in [2.24, 2.45) is 17.8 Å². The molecule has 4 aliphatic carbocycles. The molecule has 4 bridgehead atoms. The van der Waals surface area contributed by atoms with Gasteiger partial charge in [0.2, 0.25) is 0 Å². The number of carbonyl (C=O) groups is 1. The predicted molar refractivity (Wildman–Crippen MR) is 148 cm³/mol. The van der Waals surface area contributed by atoms with Crippen molar-refractivity contribution in [3.05, 3.63) is 69.5 Å². The second kappa shape index (κ2) is 10.2. The molecule has 0 radical (unpaired) electrons. The number of thioether (sulfide) groups is 1. The molecular weight excluding hydrogens is 525 g/mol. The van der Waals surface area contributed by atoms with Gasteiger partial charge in [0.05, 0.1) is 17.3 Å². The van der Waals surface area contributed by atoms with E-state index in [-0.39, 0.29) is 18.1 Å². The number of hydrogen-bond donors (Lipinski definition) is 2. The molecule has 9 heteroatoms. The zero-order valence-corrected chi connectivity index (χ0v) is 23.2. The third-order valence-corrected chi connectivity index (χ3v) is 9.81. The quantitative estimate of drug-likeness (QED) is 0.309. The maximum absolute atomic E-state index is 13.1. The smallest absolute Gasteiger partial charge is 0.315 e. The van der Waals surface area contributed by atoms with Crippen LogP contribution in [-0.2, 0) is 12.3 Å². The van der Waals surface area contributed by atoms with Crippen molar-refractivity contribution in [1.29, 1.82) is 0 Å². The number of nitrogens with zero attached hydrogens (tertiary/aromatic N) is 3. The number of aryl methyl sites for hydroxylation is 1. The van der Waals surface area contributed by atoms with Crippen molar-refractivity contribution in [3.63, 3.8) is 0 Å². The highest BCUT2D eigenvalue weighted by atomic mass is 35.5. The van der Waals surface area contributed by atoms with Gasteiger partial charge in [-0.05, 0) is 92.5 Å². The maximum atomic E-state index is 13.1. The van der Waals surface area contributed by atoms with Gasteiger partial charge < -0.3 is 10.6 Å². The van der Waals surface area contributed by atoms with E-state index in [1.165, 1.54) is 30.4 Å². The predicted octanol–water partition coefficient (Wildman–Crippen LogP) is 6.94. The van der Waals surface area contributed by atoms with E-state index in [1.807, 2.05) is 22.8 Å². The zero-order chi connectivity index (χ0) is 25.6. The molecule has 4 aliphatic rings. The number of urea groups is 1. The Bertz CT molecular complexity index is 1290. The normalized spacial score (nSPS) is 25.9. The van der Waals surface area contributed by atoms with Gasteiger partial charge in [-0.1, -0.05) is 59.2 Å². The van der Waals surface area contributed by atoms with Crippen molar-refractivity contribution in [2.75, 3.05) is 0 Å². The second-order valence-corrected chi connectivity index (χ2v) is 12.8. The molecule has 1 aromatic heterocycles. The number of hydrogen-bond acceptors (Lipinski definition) is 4. The molecule has 1 heterocycles. The first-order chi connectivity index (χ1) is 17.9. The Kier molecular flexibility index (Phi) is 6.88. The lowest BCUT2D eigenvalue weighted by Gasteiger charge is -2.56. The highest BCUT2D eigenvalue weighted by Crippen LogP contribution is 2.55. The fourth-order valence-corrected chi connectivity index (χ4v) is 8.57. The Balaban J connectivity index is 1.20. The standard InChI is InChI=1S/C28H31Cl2N5OS/c1-17-4-2-3-5-21(17)16-37-27-34-33-25(35(27)24-7-6-22(29)11-23(24)30)15-31-26(36)32-28-12-18-8-19(13-28)10-20(9-18)14-28/h2-7,11,18-20H,8-10,12-16H2,1H3,(H2,31,32,36). The van der Waals surface area contributed by atoms with Gasteiger partial charge in [0, 0.05) is 16.3 Å². The lowest BCUT2D eigenvalue weighted by atomic mass is 9.53. The average Bonchev–Trinajstić information content (AvgIpc) is 3.23. The SMILES string of the molecule is Cc1ccccc1CSc1nnc(CNC(=O)NC23CC4CC(CC(C4)C2)C3)n1-c1ccc(Cl)cc1Cl. The number of rotatable bonds is 7. The summed E-state index contributed by atoms with van der Waals surface area (Å²) in [6.07, 6.45) is 7.37. The summed E-state index contributed by atoms with van der Waals surface area (Å²) in [5.41, 5.74) is 3.16. The summed E-state index contributed by atoms with van der Waals surface area (Å²) in [5.74, 6) is 3.69. The van der Waals surface area contributed by atoms with E-state index < -0.39 is 0 Å². The summed E-state index contributed by atoms with van der Waals surface area (Å²) in [7, 11) is 0. The highest BCUT2D eigenvalue weighted by Gasteiger charge is 2.51. The molecule has 7 rings (SSSR count). The summed E-state index contributed by atoms with van der Waals surface area (Å²) in [5, 5.41) is 17.1. The van der Waals surface area contributed by atoms with Crippen molar-refractivity contribution in [3.8, 4) is 5.69 Å². The van der Waals surface area contributed by atoms with Gasteiger partial charge >= 0.3 is 6.03 Å². The topological polar surface area (TPSA) is 71.8 Å². The third-order valence-electron chi connectivity index (χ3n) is 8.29. The molecule has 0 aliphatic heterocycles. The Morgan fingerprint density at radius 2 is 1.76 bits per heavy atom. The van der Waals surface area contributed by atoms with Gasteiger partial charge in [0.25, 0.3) is 0 Å². The summed E-state index contributed by atoms with van der Waals surface area (Å²) in [6.45, 7) is 2.35. The first kappa shape index (κ1) is 25.1. The van der Waals surface area contributed by atoms with Crippen LogP contribution in [-0.4, -0.2) is 26.3 Å². The summed E-state index contributed by atoms with van der Waals surface area (Å²) in [6, 6.07) is 13.6. The number of benzene rings is 2. The van der Waals surface area contributed by atoms with E-state index in [4.69, 9.17) is 23.2 Å². The highest BCUT2D eigenvalue weighted by molar-refractivity contribution is 7.98. The van der Waals surface area contributed by atoms with Crippen LogP contribution in [0.3, 0.4) is 0 Å². The molecule has 2 amide bonds. The van der Waals surface area contributed by atoms with Gasteiger partial charge in [0.15, 0.2) is 11.0 Å². The summed E-state index contributed by atoms with van der Waals surface area (Å²) in [4.78, 5) is 13.1. The van der Waals surface area contributed by atoms with Crippen molar-refractivity contribution in [2.45, 2.75) is 68.4 Å². The van der Waals surface area contributed by atoms with Crippen LogP contribution >= 0.6 is 35.0 Å². The van der Waals surface area contributed by atoms with Crippen LogP contribution in [0.2, 0.25) is 10.0 Å². The van der Waals surface area contributed by atoms with Gasteiger partial charge in [0.1, 0.15) is 0 Å². The minimum Gasteiger partial charge on any atom is -0.333 e. The van der Waals surface area contributed by atoms with E-state index in [0.29, 0.717) is 21.0 Å². The number of carbonyl (C=O) groups excluding carboxylic acids is 1. The van der Waals surface area contributed by atoms with Crippen LogP contribution in [0.5, 0.6) is 0 Å². The zero-order valence-electron chi connectivity index (χ0n) is 20.8. The Morgan fingerprint density at radius 1 is 1.05 bits per heavy atom. The van der Waals surface area contributed by atoms with E-state index in [2.05, 4.69) is 39.9 Å². The van der Waals surface area contributed by atoms with Crippen LogP contribution in [0.25, 0.3) is 5.69 Å². The van der Waals surface area contributed by atoms with E-state index in [0.717, 1.165) is 48.5 Å². The number of halogens is 2. The molecule has 0 atom stereocenters. The number of nitrogens with one attached hydrogen (secondary N) is 2. The van der Waals surface area contributed by atoms with Crippen LogP contribution in [0.15, 0.2) is 47.6 Å². The molecule has 2 N–H and O–H groups in total. The molecule has 0 saturated heterocycles. The van der Waals surface area contributed by atoms with Crippen LogP contribution < -0.4 is 10.6 Å². The van der Waals surface area contributed by atoms with Crippen LogP contribution in [0.1, 0.15) is 55.5 Å². The van der Waals surface area contributed by atoms with Crippen LogP contribution in [0.4, 0.5) is 4.79 Å². The molecule has 4 saturated carbocycles. The molecular formula is C28H31Cl2N5OS. The molecule has 3 aromatic rings. The Hall–Kier alpha value is -2.22. The van der Waals surface area contributed by atoms with Gasteiger partial charge in [-0.2, -0.15) is 0 Å². The van der Waals surface area contributed by atoms with Crippen molar-refractivity contribution < 1.29 is 4.79 Å². The van der Waals surface area contributed by atoms with E-state index in [1.54, 1.807) is 23.9 Å². The van der Waals surface area contributed by atoms with E-state index in [9.17, 15) is 4.79 Å². The summed E-state index contributed by atoms with van der Waals surface area (Å²) < 4.78 is 1.92. The van der Waals surface area contributed by atoms with Gasteiger partial charge in [-0.15, -0.1) is 10.2 Å². The lowest BCUT2D eigenvalue weighted by molar-refractivity contribution is -0.0135. The first-order valence-corrected chi connectivity index (χ1v) is 14.7. The molecule has 6 nitrogen and oxygen atoms in total. The molecule has 2 aromatic carbocycles. The van der Waals surface area contributed by atoms with Crippen LogP contribution in [0, 0.1) is 24.7 Å². The summed E-state index contributed by atoms with van der Waals surface area (Å²) >= 11 is 14.4.